The van der Waals surface area contributed by atoms with Crippen molar-refractivity contribution in [2.24, 2.45) is 0 Å². The van der Waals surface area contributed by atoms with E-state index in [-0.39, 0.29) is 18.1 Å². The Balaban J connectivity index is 1.25. The van der Waals surface area contributed by atoms with Crippen LogP contribution in [0.2, 0.25) is 0 Å². The van der Waals surface area contributed by atoms with Gasteiger partial charge >= 0.3 is 0 Å². The predicted molar refractivity (Wildman–Crippen MR) is 161 cm³/mol. The van der Waals surface area contributed by atoms with Crippen LogP contribution in [0.5, 0.6) is 0 Å². The van der Waals surface area contributed by atoms with Gasteiger partial charge in [-0.3, -0.25) is 9.78 Å². The van der Waals surface area contributed by atoms with E-state index in [2.05, 4.69) is 40.1 Å². The fourth-order valence-corrected chi connectivity index (χ4v) is 6.62. The minimum absolute atomic E-state index is 0.0798. The van der Waals surface area contributed by atoms with Crippen LogP contribution in [0.15, 0.2) is 54.9 Å². The lowest BCUT2D eigenvalue weighted by Crippen LogP contribution is -2.38. The van der Waals surface area contributed by atoms with Crippen molar-refractivity contribution in [2.45, 2.75) is 83.4 Å². The number of piperidine rings is 1. The Morgan fingerprint density at radius 1 is 0.976 bits per heavy atom. The molecule has 1 aromatic carbocycles. The van der Waals surface area contributed by atoms with E-state index in [9.17, 15) is 9.90 Å². The number of pyridine rings is 1. The van der Waals surface area contributed by atoms with Gasteiger partial charge in [0.25, 0.3) is 5.91 Å². The van der Waals surface area contributed by atoms with Gasteiger partial charge in [-0.2, -0.15) is 4.98 Å². The number of aliphatic hydroxyl groups is 1. The number of aliphatic hydroxyl groups excluding tert-OH is 1. The van der Waals surface area contributed by atoms with Gasteiger partial charge in [-0.15, -0.1) is 0 Å². The number of likely N-dealkylation sites (tertiary alicyclic amines) is 1. The molecule has 2 N–H and O–H groups in total. The van der Waals surface area contributed by atoms with Crippen LogP contribution in [-0.2, 0) is 0 Å². The molecule has 1 aliphatic carbocycles. The van der Waals surface area contributed by atoms with Crippen LogP contribution < -0.4 is 5.32 Å². The van der Waals surface area contributed by atoms with Crippen molar-refractivity contribution in [1.29, 1.82) is 0 Å². The van der Waals surface area contributed by atoms with E-state index >= 15 is 0 Å². The van der Waals surface area contributed by atoms with Crippen LogP contribution in [0.1, 0.15) is 96.3 Å². The molecule has 8 heteroatoms. The first-order valence-corrected chi connectivity index (χ1v) is 15.0. The van der Waals surface area contributed by atoms with Crippen molar-refractivity contribution >= 4 is 22.9 Å². The van der Waals surface area contributed by atoms with Crippen molar-refractivity contribution in [3.63, 3.8) is 0 Å². The first kappa shape index (κ1) is 27.4. The van der Waals surface area contributed by atoms with Gasteiger partial charge in [-0.1, -0.05) is 30.3 Å². The summed E-state index contributed by atoms with van der Waals surface area (Å²) < 4.78 is 2.34. The number of nitrogens with zero attached hydrogens (tertiary/aromatic N) is 5. The highest BCUT2D eigenvalue weighted by Gasteiger charge is 2.30. The number of aromatic nitrogens is 4. The molecular formula is C33H40N6O2. The largest absolute Gasteiger partial charge is 0.393 e. The van der Waals surface area contributed by atoms with Crippen molar-refractivity contribution in [3.05, 3.63) is 82.9 Å². The van der Waals surface area contributed by atoms with E-state index in [1.54, 1.807) is 0 Å². The van der Waals surface area contributed by atoms with Crippen molar-refractivity contribution < 1.29 is 9.90 Å². The van der Waals surface area contributed by atoms with E-state index < -0.39 is 0 Å². The molecule has 0 radical (unpaired) electrons. The average molecular weight is 553 g/mol. The van der Waals surface area contributed by atoms with Gasteiger partial charge in [-0.25, -0.2) is 4.98 Å². The number of hydrogen-bond donors (Lipinski definition) is 2. The molecule has 214 valence electrons. The zero-order valence-electron chi connectivity index (χ0n) is 24.3. The molecule has 6 rings (SSSR count). The molecule has 1 atom stereocenters. The number of anilines is 1. The van der Waals surface area contributed by atoms with Crippen molar-refractivity contribution in [3.8, 4) is 0 Å². The number of aryl methyl sites for hydroxylation is 2. The fourth-order valence-electron chi connectivity index (χ4n) is 6.62. The highest BCUT2D eigenvalue weighted by molar-refractivity contribution is 5.94. The van der Waals surface area contributed by atoms with Gasteiger partial charge in [0.1, 0.15) is 5.65 Å². The summed E-state index contributed by atoms with van der Waals surface area (Å²) in [5.74, 6) is 1.05. The Hall–Kier alpha value is -3.78. The zero-order chi connectivity index (χ0) is 28.5. The number of hydrogen-bond acceptors (Lipinski definition) is 6. The Labute approximate surface area is 241 Å². The summed E-state index contributed by atoms with van der Waals surface area (Å²) in [6.45, 7) is 7.44. The van der Waals surface area contributed by atoms with Crippen LogP contribution >= 0.6 is 0 Å². The van der Waals surface area contributed by atoms with E-state index in [1.807, 2.05) is 55.3 Å². The minimum Gasteiger partial charge on any atom is -0.393 e. The molecule has 1 amide bonds. The maximum Gasteiger partial charge on any atom is 0.253 e. The number of nitrogens with one attached hydrogen (secondary N) is 1. The van der Waals surface area contributed by atoms with Crippen LogP contribution in [0.25, 0.3) is 11.0 Å². The van der Waals surface area contributed by atoms with Crippen molar-refractivity contribution in [1.82, 2.24) is 24.4 Å². The number of fused-ring (bicyclic) bond motifs is 1. The molecule has 4 aromatic rings. The quantitative estimate of drug-likeness (QED) is 0.300. The number of amides is 1. The Morgan fingerprint density at radius 3 is 2.34 bits per heavy atom. The Kier molecular flexibility index (Phi) is 7.75. The van der Waals surface area contributed by atoms with Crippen LogP contribution in [0.4, 0.5) is 5.95 Å². The third-order valence-electron chi connectivity index (χ3n) is 8.86. The smallest absolute Gasteiger partial charge is 0.253 e. The standard InChI is InChI=1S/C33H40N6O2/c1-21-17-26(18-22(2)35-21)32(41)38-15-13-25(14-16-38)30-20-39(27-9-11-28(40)12-10-27)31-29(30)19-34-33(37-31)36-23(3)24-7-5-4-6-8-24/h4-8,17-20,23,25,27-28,40H,9-16H2,1-3H3,(H,34,36,37)/t23-,27?,28?/m0/s1. The first-order chi connectivity index (χ1) is 19.9. The first-order valence-electron chi connectivity index (χ1n) is 15.0. The minimum atomic E-state index is -0.207. The summed E-state index contributed by atoms with van der Waals surface area (Å²) in [5.41, 5.74) is 5.89. The number of benzene rings is 1. The molecule has 1 saturated heterocycles. The summed E-state index contributed by atoms with van der Waals surface area (Å²) in [5, 5.41) is 14.7. The lowest BCUT2D eigenvalue weighted by Gasteiger charge is -2.32. The molecule has 4 heterocycles. The Bertz CT molecular complexity index is 1500. The normalized spacial score (nSPS) is 20.7. The summed E-state index contributed by atoms with van der Waals surface area (Å²) in [6, 6.07) is 14.5. The molecule has 3 aromatic heterocycles. The second kappa shape index (κ2) is 11.6. The highest BCUT2D eigenvalue weighted by atomic mass is 16.3. The lowest BCUT2D eigenvalue weighted by molar-refractivity contribution is 0.0712. The van der Waals surface area contributed by atoms with E-state index in [1.165, 1.54) is 11.1 Å². The van der Waals surface area contributed by atoms with Crippen LogP contribution in [-0.4, -0.2) is 54.6 Å². The SMILES string of the molecule is Cc1cc(C(=O)N2CCC(c3cn(C4CCC(O)CC4)c4nc(N[C@@H](C)c5ccccc5)ncc34)CC2)cc(C)n1. The van der Waals surface area contributed by atoms with Crippen molar-refractivity contribution in [2.75, 3.05) is 18.4 Å². The summed E-state index contributed by atoms with van der Waals surface area (Å²) in [7, 11) is 0. The third kappa shape index (κ3) is 5.84. The topological polar surface area (TPSA) is 96.2 Å². The summed E-state index contributed by atoms with van der Waals surface area (Å²) in [4.78, 5) is 29.5. The summed E-state index contributed by atoms with van der Waals surface area (Å²) in [6.07, 6.45) is 9.39. The number of rotatable bonds is 6. The van der Waals surface area contributed by atoms with Gasteiger partial charge < -0.3 is 19.9 Å². The molecule has 1 saturated carbocycles. The van der Waals surface area contributed by atoms with Crippen LogP contribution in [0.3, 0.4) is 0 Å². The molecule has 0 unspecified atom stereocenters. The summed E-state index contributed by atoms with van der Waals surface area (Å²) >= 11 is 0. The van der Waals surface area contributed by atoms with Gasteiger partial charge in [-0.05, 0) is 88.5 Å². The molecule has 2 fully saturated rings. The molecule has 0 spiro atoms. The average Bonchev–Trinajstić information content (AvgIpc) is 3.36. The van der Waals surface area contributed by atoms with Gasteiger partial charge in [0.2, 0.25) is 5.95 Å². The predicted octanol–water partition coefficient (Wildman–Crippen LogP) is 6.11. The molecule has 0 bridgehead atoms. The Morgan fingerprint density at radius 2 is 1.66 bits per heavy atom. The maximum absolute atomic E-state index is 13.3. The number of carbonyl (C=O) groups excluding carboxylic acids is 1. The van der Waals surface area contributed by atoms with E-state index in [4.69, 9.17) is 9.97 Å². The fraction of sp³-hybridized carbons (Fsp3) is 0.455. The van der Waals surface area contributed by atoms with E-state index in [0.717, 1.165) is 79.6 Å². The number of carbonyl (C=O) groups is 1. The zero-order valence-corrected chi connectivity index (χ0v) is 24.3. The second-order valence-corrected chi connectivity index (χ2v) is 11.9. The lowest BCUT2D eigenvalue weighted by atomic mass is 9.89. The van der Waals surface area contributed by atoms with Gasteiger partial charge in [0, 0.05) is 53.9 Å². The van der Waals surface area contributed by atoms with Gasteiger partial charge in [0.05, 0.1) is 12.1 Å². The maximum atomic E-state index is 13.3. The van der Waals surface area contributed by atoms with Gasteiger partial charge in [0.15, 0.2) is 0 Å². The molecule has 2 aliphatic rings. The monoisotopic (exact) mass is 552 g/mol. The molecule has 8 nitrogen and oxygen atoms in total. The molecular weight excluding hydrogens is 512 g/mol. The second-order valence-electron chi connectivity index (χ2n) is 11.9. The van der Waals surface area contributed by atoms with E-state index in [0.29, 0.717) is 17.9 Å². The molecule has 1 aliphatic heterocycles. The highest BCUT2D eigenvalue weighted by Crippen LogP contribution is 2.38. The third-order valence-corrected chi connectivity index (χ3v) is 8.86. The molecule has 41 heavy (non-hydrogen) atoms. The van der Waals surface area contributed by atoms with Crippen LogP contribution in [0, 0.1) is 13.8 Å².